The molecule has 1 aromatic heterocycles. The minimum atomic E-state index is -1.09. The average Bonchev–Trinajstić information content (AvgIpc) is 2.37. The number of carboxylic acids is 1. The van der Waals surface area contributed by atoms with Gasteiger partial charge in [0.2, 0.25) is 0 Å². The molecule has 1 heterocycles. The molecule has 6 heteroatoms. The second-order valence-electron chi connectivity index (χ2n) is 5.65. The monoisotopic (exact) mass is 305 g/mol. The van der Waals surface area contributed by atoms with Crippen molar-refractivity contribution in [2.45, 2.75) is 26.3 Å². The van der Waals surface area contributed by atoms with Crippen molar-refractivity contribution in [3.05, 3.63) is 41.0 Å². The summed E-state index contributed by atoms with van der Waals surface area (Å²) in [4.78, 5) is 19.7. The van der Waals surface area contributed by atoms with Crippen LogP contribution in [0.1, 0.15) is 31.3 Å². The Morgan fingerprint density at radius 3 is 2.33 bits per heavy atom. The molecule has 110 valence electrons. The van der Waals surface area contributed by atoms with Crippen molar-refractivity contribution in [1.82, 2.24) is 9.97 Å². The van der Waals surface area contributed by atoms with Crippen LogP contribution in [-0.4, -0.2) is 26.6 Å². The Bertz CT molecular complexity index is 664. The quantitative estimate of drug-likeness (QED) is 0.904. The van der Waals surface area contributed by atoms with E-state index in [4.69, 9.17) is 11.6 Å². The van der Waals surface area contributed by atoms with E-state index in [-0.39, 0.29) is 11.2 Å². The van der Waals surface area contributed by atoms with Gasteiger partial charge >= 0.3 is 5.97 Å². The summed E-state index contributed by atoms with van der Waals surface area (Å²) in [6.45, 7) is 5.91. The van der Waals surface area contributed by atoms with E-state index >= 15 is 0 Å². The number of benzene rings is 1. The number of anilines is 1. The molecule has 0 unspecified atom stereocenters. The van der Waals surface area contributed by atoms with Gasteiger partial charge in [-0.25, -0.2) is 14.8 Å². The summed E-state index contributed by atoms with van der Waals surface area (Å²) in [5, 5.41) is 12.9. The second kappa shape index (κ2) is 5.69. The minimum absolute atomic E-state index is 0.0540. The van der Waals surface area contributed by atoms with Crippen molar-refractivity contribution in [2.24, 2.45) is 0 Å². The van der Waals surface area contributed by atoms with Crippen LogP contribution in [0.3, 0.4) is 0 Å². The number of aromatic carboxylic acids is 1. The molecular formula is C15H16ClN3O2. The SMILES string of the molecule is CC(C)(C)Nc1cc(C(=O)O)nc(-c2ccc(Cl)cc2)n1. The zero-order valence-corrected chi connectivity index (χ0v) is 12.8. The number of carboxylic acid groups (broad SMARTS) is 1. The Kier molecular flexibility index (Phi) is 4.14. The lowest BCUT2D eigenvalue weighted by atomic mass is 10.1. The summed E-state index contributed by atoms with van der Waals surface area (Å²) in [6, 6.07) is 8.36. The predicted molar refractivity (Wildman–Crippen MR) is 82.8 cm³/mol. The van der Waals surface area contributed by atoms with Crippen LogP contribution in [-0.2, 0) is 0 Å². The third-order valence-corrected chi connectivity index (χ3v) is 2.80. The summed E-state index contributed by atoms with van der Waals surface area (Å²) >= 11 is 5.85. The standard InChI is InChI=1S/C15H16ClN3O2/c1-15(2,3)19-12-8-11(14(20)21)17-13(18-12)9-4-6-10(16)7-5-9/h4-8H,1-3H3,(H,20,21)(H,17,18,19). The number of nitrogens with one attached hydrogen (secondary N) is 1. The summed E-state index contributed by atoms with van der Waals surface area (Å²) in [5.74, 6) is -0.275. The number of hydrogen-bond donors (Lipinski definition) is 2. The molecule has 0 bridgehead atoms. The smallest absolute Gasteiger partial charge is 0.354 e. The molecule has 2 rings (SSSR count). The molecule has 1 aromatic carbocycles. The molecule has 2 N–H and O–H groups in total. The van der Waals surface area contributed by atoms with Crippen LogP contribution in [0.4, 0.5) is 5.82 Å². The Balaban J connectivity index is 2.49. The lowest BCUT2D eigenvalue weighted by Gasteiger charge is -2.21. The molecule has 0 saturated carbocycles. The van der Waals surface area contributed by atoms with Crippen LogP contribution in [0.25, 0.3) is 11.4 Å². The van der Waals surface area contributed by atoms with Crippen LogP contribution in [0.5, 0.6) is 0 Å². The minimum Gasteiger partial charge on any atom is -0.477 e. The molecular weight excluding hydrogens is 290 g/mol. The first-order valence-corrected chi connectivity index (χ1v) is 6.79. The molecule has 0 aliphatic rings. The Morgan fingerprint density at radius 2 is 1.81 bits per heavy atom. The first kappa shape index (κ1) is 15.3. The largest absolute Gasteiger partial charge is 0.477 e. The fourth-order valence-corrected chi connectivity index (χ4v) is 1.86. The van der Waals surface area contributed by atoms with Crippen molar-refractivity contribution < 1.29 is 9.90 Å². The fourth-order valence-electron chi connectivity index (χ4n) is 1.73. The van der Waals surface area contributed by atoms with Gasteiger partial charge in [0, 0.05) is 22.2 Å². The molecule has 0 aliphatic carbocycles. The van der Waals surface area contributed by atoms with Crippen LogP contribution < -0.4 is 5.32 Å². The van der Waals surface area contributed by atoms with Crippen molar-refractivity contribution in [3.8, 4) is 11.4 Å². The molecule has 0 radical (unpaired) electrons. The second-order valence-corrected chi connectivity index (χ2v) is 6.09. The summed E-state index contributed by atoms with van der Waals surface area (Å²) in [7, 11) is 0. The zero-order chi connectivity index (χ0) is 15.6. The van der Waals surface area contributed by atoms with Gasteiger partial charge in [-0.05, 0) is 45.0 Å². The van der Waals surface area contributed by atoms with Crippen molar-refractivity contribution >= 4 is 23.4 Å². The summed E-state index contributed by atoms with van der Waals surface area (Å²) in [5.41, 5.74) is 0.419. The van der Waals surface area contributed by atoms with Gasteiger partial charge in [0.25, 0.3) is 0 Å². The van der Waals surface area contributed by atoms with E-state index < -0.39 is 5.97 Å². The van der Waals surface area contributed by atoms with Gasteiger partial charge in [0.1, 0.15) is 5.82 Å². The van der Waals surface area contributed by atoms with Crippen molar-refractivity contribution in [2.75, 3.05) is 5.32 Å². The molecule has 2 aromatic rings. The highest BCUT2D eigenvalue weighted by Gasteiger charge is 2.15. The van der Waals surface area contributed by atoms with Gasteiger partial charge in [0.15, 0.2) is 11.5 Å². The number of halogens is 1. The van der Waals surface area contributed by atoms with Crippen LogP contribution in [0, 0.1) is 0 Å². The highest BCUT2D eigenvalue weighted by molar-refractivity contribution is 6.30. The van der Waals surface area contributed by atoms with E-state index in [1.54, 1.807) is 24.3 Å². The van der Waals surface area contributed by atoms with E-state index in [2.05, 4.69) is 15.3 Å². The number of rotatable bonds is 3. The molecule has 0 amide bonds. The molecule has 5 nitrogen and oxygen atoms in total. The highest BCUT2D eigenvalue weighted by atomic mass is 35.5. The van der Waals surface area contributed by atoms with Crippen LogP contribution in [0.15, 0.2) is 30.3 Å². The Labute approximate surface area is 128 Å². The van der Waals surface area contributed by atoms with Gasteiger partial charge in [-0.15, -0.1) is 0 Å². The molecule has 0 saturated heterocycles. The fraction of sp³-hybridized carbons (Fsp3) is 0.267. The van der Waals surface area contributed by atoms with Crippen molar-refractivity contribution in [3.63, 3.8) is 0 Å². The molecule has 0 spiro atoms. The Morgan fingerprint density at radius 1 is 1.19 bits per heavy atom. The Hall–Kier alpha value is -2.14. The summed E-state index contributed by atoms with van der Waals surface area (Å²) in [6.07, 6.45) is 0. The van der Waals surface area contributed by atoms with E-state index in [0.717, 1.165) is 0 Å². The molecule has 0 fully saturated rings. The maximum Gasteiger partial charge on any atom is 0.354 e. The number of aromatic nitrogens is 2. The van der Waals surface area contributed by atoms with Gasteiger partial charge in [0.05, 0.1) is 0 Å². The maximum absolute atomic E-state index is 11.2. The topological polar surface area (TPSA) is 75.1 Å². The number of carbonyl (C=O) groups is 1. The number of hydrogen-bond acceptors (Lipinski definition) is 4. The van der Waals surface area contributed by atoms with Gasteiger partial charge < -0.3 is 10.4 Å². The lowest BCUT2D eigenvalue weighted by molar-refractivity contribution is 0.0690. The van der Waals surface area contributed by atoms with Gasteiger partial charge in [-0.2, -0.15) is 0 Å². The van der Waals surface area contributed by atoms with E-state index in [1.165, 1.54) is 6.07 Å². The van der Waals surface area contributed by atoms with Crippen LogP contribution >= 0.6 is 11.6 Å². The predicted octanol–water partition coefficient (Wildman–Crippen LogP) is 3.71. The first-order chi connectivity index (χ1) is 9.74. The molecule has 21 heavy (non-hydrogen) atoms. The molecule has 0 aliphatic heterocycles. The highest BCUT2D eigenvalue weighted by Crippen LogP contribution is 2.22. The van der Waals surface area contributed by atoms with E-state index in [9.17, 15) is 9.90 Å². The lowest BCUT2D eigenvalue weighted by Crippen LogP contribution is -2.27. The third kappa shape index (κ3) is 4.16. The summed E-state index contributed by atoms with van der Waals surface area (Å²) < 4.78 is 0. The third-order valence-electron chi connectivity index (χ3n) is 2.55. The van der Waals surface area contributed by atoms with Crippen molar-refractivity contribution in [1.29, 1.82) is 0 Å². The van der Waals surface area contributed by atoms with E-state index in [1.807, 2.05) is 20.8 Å². The van der Waals surface area contributed by atoms with E-state index in [0.29, 0.717) is 22.2 Å². The zero-order valence-electron chi connectivity index (χ0n) is 12.0. The van der Waals surface area contributed by atoms with Gasteiger partial charge in [-0.3, -0.25) is 0 Å². The molecule has 0 atom stereocenters. The average molecular weight is 306 g/mol. The van der Waals surface area contributed by atoms with Crippen LogP contribution in [0.2, 0.25) is 5.02 Å². The normalized spacial score (nSPS) is 11.2. The first-order valence-electron chi connectivity index (χ1n) is 6.41. The number of nitrogens with zero attached hydrogens (tertiary/aromatic N) is 2. The maximum atomic E-state index is 11.2. The van der Waals surface area contributed by atoms with Gasteiger partial charge in [-0.1, -0.05) is 11.6 Å².